The number of hydrogen-bond acceptors (Lipinski definition) is 4. The third-order valence-electron chi connectivity index (χ3n) is 6.63. The Morgan fingerprint density at radius 1 is 0.939 bits per heavy atom. The van der Waals surface area contributed by atoms with E-state index in [4.69, 9.17) is 4.74 Å². The third kappa shape index (κ3) is 2.91. The first-order valence-corrected chi connectivity index (χ1v) is 10.8. The number of aromatic nitrogens is 1. The third-order valence-corrected chi connectivity index (χ3v) is 6.63. The number of carboxylic acid groups (broad SMARTS) is 1. The molecule has 1 N–H and O–H groups in total. The summed E-state index contributed by atoms with van der Waals surface area (Å²) in [7, 11) is 0. The Balaban J connectivity index is 1.46. The van der Waals surface area contributed by atoms with E-state index >= 15 is 0 Å². The fourth-order valence-corrected chi connectivity index (χ4v) is 5.27. The Morgan fingerprint density at radius 3 is 2.55 bits per heavy atom. The molecule has 1 saturated heterocycles. The van der Waals surface area contributed by atoms with Gasteiger partial charge in [-0.15, -0.1) is 0 Å². The standard InChI is InChI=1S/C27H20N2O4/c30-26-23-19-9-4-5-11-20(19)29(26)25(27(31)32)22(23)17-12-13-21(24-18(17)10-6-14-28-24)33-15-16-7-2-1-3-8-16/h1-14,22-23,25H,15H2,(H,31,32). The van der Waals surface area contributed by atoms with Crippen LogP contribution < -0.4 is 9.64 Å². The molecule has 0 aliphatic carbocycles. The quantitative estimate of drug-likeness (QED) is 0.499. The van der Waals surface area contributed by atoms with Crippen molar-refractivity contribution in [2.75, 3.05) is 4.90 Å². The van der Waals surface area contributed by atoms with Gasteiger partial charge in [-0.05, 0) is 34.9 Å². The lowest BCUT2D eigenvalue weighted by atomic mass is 9.77. The highest BCUT2D eigenvalue weighted by atomic mass is 16.5. The zero-order valence-electron chi connectivity index (χ0n) is 17.6. The fourth-order valence-electron chi connectivity index (χ4n) is 5.27. The van der Waals surface area contributed by atoms with Crippen molar-refractivity contribution in [2.24, 2.45) is 0 Å². The van der Waals surface area contributed by atoms with E-state index in [9.17, 15) is 14.7 Å². The van der Waals surface area contributed by atoms with Crippen LogP contribution in [-0.2, 0) is 16.2 Å². The molecule has 1 amide bonds. The minimum Gasteiger partial charge on any atom is -0.487 e. The number of amides is 1. The van der Waals surface area contributed by atoms with Crippen LogP contribution >= 0.6 is 0 Å². The van der Waals surface area contributed by atoms with Gasteiger partial charge in [0.2, 0.25) is 5.91 Å². The maximum atomic E-state index is 13.2. The monoisotopic (exact) mass is 436 g/mol. The zero-order valence-corrected chi connectivity index (χ0v) is 17.6. The highest BCUT2D eigenvalue weighted by Gasteiger charge is 2.59. The van der Waals surface area contributed by atoms with Gasteiger partial charge in [-0.2, -0.15) is 0 Å². The summed E-state index contributed by atoms with van der Waals surface area (Å²) >= 11 is 0. The van der Waals surface area contributed by atoms with Gasteiger partial charge in [0.15, 0.2) is 0 Å². The minimum absolute atomic E-state index is 0.157. The summed E-state index contributed by atoms with van der Waals surface area (Å²) in [6, 6.07) is 23.8. The van der Waals surface area contributed by atoms with E-state index in [1.54, 1.807) is 6.20 Å². The Kier molecular flexibility index (Phi) is 4.40. The van der Waals surface area contributed by atoms with Crippen LogP contribution in [0.4, 0.5) is 5.69 Å². The average molecular weight is 436 g/mol. The Labute approximate surface area is 190 Å². The van der Waals surface area contributed by atoms with E-state index in [1.807, 2.05) is 78.9 Å². The number of pyridine rings is 1. The van der Waals surface area contributed by atoms with Gasteiger partial charge in [0, 0.05) is 23.2 Å². The first kappa shape index (κ1) is 19.5. The van der Waals surface area contributed by atoms with Crippen LogP contribution in [-0.4, -0.2) is 28.0 Å². The van der Waals surface area contributed by atoms with Crippen molar-refractivity contribution < 1.29 is 19.4 Å². The van der Waals surface area contributed by atoms with Crippen molar-refractivity contribution in [3.05, 3.63) is 102 Å². The molecule has 6 rings (SSSR count). The topological polar surface area (TPSA) is 79.7 Å². The lowest BCUT2D eigenvalue weighted by Gasteiger charge is -2.31. The van der Waals surface area contributed by atoms with Gasteiger partial charge in [-0.3, -0.25) is 14.7 Å². The second kappa shape index (κ2) is 7.45. The van der Waals surface area contributed by atoms with Crippen LogP contribution in [0.1, 0.15) is 28.5 Å². The summed E-state index contributed by atoms with van der Waals surface area (Å²) in [5.74, 6) is -1.58. The van der Waals surface area contributed by atoms with E-state index < -0.39 is 23.8 Å². The first-order valence-electron chi connectivity index (χ1n) is 10.8. The second-order valence-electron chi connectivity index (χ2n) is 8.38. The van der Waals surface area contributed by atoms with Crippen LogP contribution in [0.3, 0.4) is 0 Å². The fraction of sp³-hybridized carbons (Fsp3) is 0.148. The Hall–Kier alpha value is -4.19. The van der Waals surface area contributed by atoms with E-state index in [1.165, 1.54) is 4.90 Å². The molecule has 2 bridgehead atoms. The molecule has 0 spiro atoms. The largest absolute Gasteiger partial charge is 0.487 e. The average Bonchev–Trinajstić information content (AvgIpc) is 3.31. The molecular formula is C27H20N2O4. The number of benzene rings is 3. The molecular weight excluding hydrogens is 416 g/mol. The minimum atomic E-state index is -1.01. The van der Waals surface area contributed by atoms with Crippen molar-refractivity contribution in [1.29, 1.82) is 0 Å². The number of nitrogens with zero attached hydrogens (tertiary/aromatic N) is 2. The molecule has 2 aliphatic rings. The van der Waals surface area contributed by atoms with Crippen molar-refractivity contribution >= 4 is 28.5 Å². The van der Waals surface area contributed by atoms with E-state index in [-0.39, 0.29) is 5.91 Å². The molecule has 33 heavy (non-hydrogen) atoms. The summed E-state index contributed by atoms with van der Waals surface area (Å²) in [5.41, 5.74) is 4.08. The zero-order chi connectivity index (χ0) is 22.5. The highest BCUT2D eigenvalue weighted by Crippen LogP contribution is 2.56. The maximum absolute atomic E-state index is 13.2. The number of ether oxygens (including phenoxy) is 1. The number of anilines is 1. The summed E-state index contributed by atoms with van der Waals surface area (Å²) < 4.78 is 6.08. The summed E-state index contributed by atoms with van der Waals surface area (Å²) in [4.78, 5) is 31.6. The SMILES string of the molecule is O=C(O)C1C(c2ccc(OCc3ccccc3)c3ncccc23)C2C(=O)N1c1ccccc12. The molecule has 162 valence electrons. The normalized spacial score (nSPS) is 20.8. The molecule has 6 heteroatoms. The number of carboxylic acids is 1. The van der Waals surface area contributed by atoms with Crippen molar-refractivity contribution in [3.8, 4) is 5.75 Å². The van der Waals surface area contributed by atoms with Crippen LogP contribution in [0.2, 0.25) is 0 Å². The molecule has 3 heterocycles. The summed E-state index contributed by atoms with van der Waals surface area (Å²) in [5, 5.41) is 10.9. The number of para-hydroxylation sites is 1. The van der Waals surface area contributed by atoms with E-state index in [0.29, 0.717) is 23.6 Å². The lowest BCUT2D eigenvalue weighted by Crippen LogP contribution is -2.41. The number of carbonyl (C=O) groups excluding carboxylic acids is 1. The number of fused-ring (bicyclic) bond motifs is 6. The van der Waals surface area contributed by atoms with Gasteiger partial charge in [0.25, 0.3) is 0 Å². The van der Waals surface area contributed by atoms with Crippen LogP contribution in [0.5, 0.6) is 5.75 Å². The molecule has 0 radical (unpaired) electrons. The lowest BCUT2D eigenvalue weighted by molar-refractivity contribution is -0.139. The predicted molar refractivity (Wildman–Crippen MR) is 123 cm³/mol. The summed E-state index contributed by atoms with van der Waals surface area (Å²) in [6.07, 6.45) is 1.70. The highest BCUT2D eigenvalue weighted by molar-refractivity contribution is 6.13. The van der Waals surface area contributed by atoms with Gasteiger partial charge in [-0.1, -0.05) is 60.7 Å². The molecule has 2 aliphatic heterocycles. The van der Waals surface area contributed by atoms with E-state index in [2.05, 4.69) is 4.98 Å². The van der Waals surface area contributed by atoms with Crippen LogP contribution in [0.15, 0.2) is 85.1 Å². The van der Waals surface area contributed by atoms with Gasteiger partial charge >= 0.3 is 5.97 Å². The second-order valence-corrected chi connectivity index (χ2v) is 8.38. The molecule has 3 unspecified atom stereocenters. The molecule has 3 aromatic carbocycles. The van der Waals surface area contributed by atoms with Crippen molar-refractivity contribution in [2.45, 2.75) is 24.5 Å². The Bertz CT molecular complexity index is 1400. The number of carbonyl (C=O) groups is 2. The van der Waals surface area contributed by atoms with Gasteiger partial charge in [-0.25, -0.2) is 4.79 Å². The molecule has 3 atom stereocenters. The number of aliphatic carboxylic acids is 1. The van der Waals surface area contributed by atoms with Gasteiger partial charge < -0.3 is 9.84 Å². The maximum Gasteiger partial charge on any atom is 0.327 e. The molecule has 0 saturated carbocycles. The summed E-state index contributed by atoms with van der Waals surface area (Å²) in [6.45, 7) is 0.398. The van der Waals surface area contributed by atoms with Crippen LogP contribution in [0, 0.1) is 0 Å². The van der Waals surface area contributed by atoms with Crippen molar-refractivity contribution in [1.82, 2.24) is 4.98 Å². The smallest absolute Gasteiger partial charge is 0.327 e. The van der Waals surface area contributed by atoms with Gasteiger partial charge in [0.05, 0.1) is 5.92 Å². The van der Waals surface area contributed by atoms with E-state index in [0.717, 1.165) is 22.1 Å². The first-order chi connectivity index (χ1) is 16.1. The molecule has 6 nitrogen and oxygen atoms in total. The molecule has 4 aromatic rings. The van der Waals surface area contributed by atoms with Crippen LogP contribution in [0.25, 0.3) is 10.9 Å². The molecule has 1 aromatic heterocycles. The van der Waals surface area contributed by atoms with Crippen molar-refractivity contribution in [3.63, 3.8) is 0 Å². The number of rotatable bonds is 5. The predicted octanol–water partition coefficient (Wildman–Crippen LogP) is 4.49. The Morgan fingerprint density at radius 2 is 1.73 bits per heavy atom. The number of hydrogen-bond donors (Lipinski definition) is 1. The molecule has 1 fully saturated rings. The van der Waals surface area contributed by atoms with Gasteiger partial charge in [0.1, 0.15) is 23.9 Å².